The van der Waals surface area contributed by atoms with E-state index in [1.807, 2.05) is 0 Å². The fourth-order valence-corrected chi connectivity index (χ4v) is 1.53. The Bertz CT molecular complexity index is 477. The zero-order chi connectivity index (χ0) is 13.0. The van der Waals surface area contributed by atoms with Gasteiger partial charge in [-0.25, -0.2) is 4.79 Å². The van der Waals surface area contributed by atoms with Crippen LogP contribution in [0.25, 0.3) is 6.08 Å². The van der Waals surface area contributed by atoms with Crippen LogP contribution in [0.5, 0.6) is 5.75 Å². The summed E-state index contributed by atoms with van der Waals surface area (Å²) in [6, 6.07) is 4.21. The van der Waals surface area contributed by atoms with Crippen molar-refractivity contribution in [1.82, 2.24) is 0 Å². The standard InChI is InChI=1S/C12H11BrO4/c1-7(13)12(17)10-4-3-9(14)6-8(10)2-5-11(15)16/h2-7,14H,1H3,(H,15,16). The topological polar surface area (TPSA) is 74.6 Å². The maximum Gasteiger partial charge on any atom is 0.328 e. The second-order valence-corrected chi connectivity index (χ2v) is 4.80. The first-order valence-electron chi connectivity index (χ1n) is 4.84. The summed E-state index contributed by atoms with van der Waals surface area (Å²) < 4.78 is 0. The summed E-state index contributed by atoms with van der Waals surface area (Å²) in [6.07, 6.45) is 2.20. The lowest BCUT2D eigenvalue weighted by atomic mass is 10.0. The number of phenolic OH excluding ortho intramolecular Hbond substituents is 1. The third kappa shape index (κ3) is 3.71. The Balaban J connectivity index is 3.21. The molecule has 1 atom stereocenters. The van der Waals surface area contributed by atoms with E-state index in [0.29, 0.717) is 11.1 Å². The van der Waals surface area contributed by atoms with Crippen molar-refractivity contribution in [3.8, 4) is 5.75 Å². The molecule has 1 aromatic carbocycles. The van der Waals surface area contributed by atoms with E-state index in [0.717, 1.165) is 6.08 Å². The molecule has 0 spiro atoms. The van der Waals surface area contributed by atoms with Gasteiger partial charge in [0.2, 0.25) is 0 Å². The van der Waals surface area contributed by atoms with Crippen LogP contribution in [0.2, 0.25) is 0 Å². The summed E-state index contributed by atoms with van der Waals surface area (Å²) in [5.41, 5.74) is 0.744. The predicted molar refractivity (Wildman–Crippen MR) is 67.5 cm³/mol. The van der Waals surface area contributed by atoms with Gasteiger partial charge in [-0.3, -0.25) is 4.79 Å². The number of aliphatic carboxylic acids is 1. The molecule has 90 valence electrons. The number of benzene rings is 1. The highest BCUT2D eigenvalue weighted by molar-refractivity contribution is 9.10. The first kappa shape index (κ1) is 13.4. The van der Waals surface area contributed by atoms with Gasteiger partial charge >= 0.3 is 5.97 Å². The summed E-state index contributed by atoms with van der Waals surface area (Å²) in [5.74, 6) is -1.30. The van der Waals surface area contributed by atoms with Crippen LogP contribution in [0.4, 0.5) is 0 Å². The smallest absolute Gasteiger partial charge is 0.328 e. The highest BCUT2D eigenvalue weighted by Crippen LogP contribution is 2.21. The lowest BCUT2D eigenvalue weighted by Crippen LogP contribution is -2.11. The number of rotatable bonds is 4. The molecular weight excluding hydrogens is 288 g/mol. The van der Waals surface area contributed by atoms with Crippen LogP contribution >= 0.6 is 15.9 Å². The summed E-state index contributed by atoms with van der Waals surface area (Å²) in [7, 11) is 0. The van der Waals surface area contributed by atoms with Crippen molar-refractivity contribution in [3.63, 3.8) is 0 Å². The van der Waals surface area contributed by atoms with Crippen molar-refractivity contribution in [2.75, 3.05) is 0 Å². The van der Waals surface area contributed by atoms with Crippen LogP contribution in [0, 0.1) is 0 Å². The molecule has 0 saturated heterocycles. The Morgan fingerprint density at radius 2 is 2.06 bits per heavy atom. The predicted octanol–water partition coefficient (Wildman–Crippen LogP) is 2.46. The van der Waals surface area contributed by atoms with E-state index in [-0.39, 0.29) is 16.4 Å². The van der Waals surface area contributed by atoms with Gasteiger partial charge in [-0.15, -0.1) is 0 Å². The minimum absolute atomic E-state index is 0.0196. The fourth-order valence-electron chi connectivity index (χ4n) is 1.29. The van der Waals surface area contributed by atoms with Crippen LogP contribution in [0.15, 0.2) is 24.3 Å². The quantitative estimate of drug-likeness (QED) is 0.509. The van der Waals surface area contributed by atoms with Gasteiger partial charge in [-0.1, -0.05) is 15.9 Å². The molecule has 0 radical (unpaired) electrons. The maximum absolute atomic E-state index is 11.8. The van der Waals surface area contributed by atoms with Gasteiger partial charge < -0.3 is 10.2 Å². The maximum atomic E-state index is 11.8. The minimum atomic E-state index is -1.11. The molecular formula is C12H11BrO4. The van der Waals surface area contributed by atoms with E-state index in [1.165, 1.54) is 24.3 Å². The highest BCUT2D eigenvalue weighted by Gasteiger charge is 2.15. The highest BCUT2D eigenvalue weighted by atomic mass is 79.9. The van der Waals surface area contributed by atoms with E-state index < -0.39 is 5.97 Å². The first-order chi connectivity index (χ1) is 7.91. The molecule has 1 rings (SSSR count). The van der Waals surface area contributed by atoms with Crippen molar-refractivity contribution < 1.29 is 19.8 Å². The number of carbonyl (C=O) groups excluding carboxylic acids is 1. The average Bonchev–Trinajstić information content (AvgIpc) is 2.25. The molecule has 5 heteroatoms. The van der Waals surface area contributed by atoms with Crippen molar-refractivity contribution in [3.05, 3.63) is 35.4 Å². The normalized spacial score (nSPS) is 12.6. The molecule has 2 N–H and O–H groups in total. The molecule has 0 aliphatic heterocycles. The van der Waals surface area contributed by atoms with E-state index in [1.54, 1.807) is 6.92 Å². The number of halogens is 1. The van der Waals surface area contributed by atoms with Crippen LogP contribution in [-0.4, -0.2) is 26.8 Å². The van der Waals surface area contributed by atoms with Crippen molar-refractivity contribution in [1.29, 1.82) is 0 Å². The summed E-state index contributed by atoms with van der Waals surface area (Å²) >= 11 is 3.16. The second-order valence-electron chi connectivity index (χ2n) is 3.42. The Kier molecular flexibility index (Phi) is 4.45. The van der Waals surface area contributed by atoms with Crippen LogP contribution in [-0.2, 0) is 4.79 Å². The van der Waals surface area contributed by atoms with Gasteiger partial charge in [0.05, 0.1) is 4.83 Å². The second kappa shape index (κ2) is 5.63. The molecule has 0 amide bonds. The van der Waals surface area contributed by atoms with E-state index in [2.05, 4.69) is 15.9 Å². The largest absolute Gasteiger partial charge is 0.508 e. The van der Waals surface area contributed by atoms with Crippen molar-refractivity contribution >= 4 is 33.8 Å². The monoisotopic (exact) mass is 298 g/mol. The number of carboxylic acid groups (broad SMARTS) is 1. The third-order valence-electron chi connectivity index (χ3n) is 2.07. The van der Waals surface area contributed by atoms with Crippen LogP contribution in [0.3, 0.4) is 0 Å². The number of hydrogen-bond acceptors (Lipinski definition) is 3. The Labute approximate surface area is 107 Å². The van der Waals surface area contributed by atoms with E-state index in [4.69, 9.17) is 5.11 Å². The molecule has 1 aromatic rings. The lowest BCUT2D eigenvalue weighted by Gasteiger charge is -2.07. The van der Waals surface area contributed by atoms with Crippen LogP contribution < -0.4 is 0 Å². The molecule has 1 unspecified atom stereocenters. The first-order valence-corrected chi connectivity index (χ1v) is 5.75. The SMILES string of the molecule is CC(Br)C(=O)c1ccc(O)cc1C=CC(=O)O. The Hall–Kier alpha value is -1.62. The van der Waals surface area contributed by atoms with Gasteiger partial charge in [0, 0.05) is 11.6 Å². The number of ketones is 1. The van der Waals surface area contributed by atoms with E-state index >= 15 is 0 Å². The number of aromatic hydroxyl groups is 1. The van der Waals surface area contributed by atoms with E-state index in [9.17, 15) is 14.7 Å². The van der Waals surface area contributed by atoms with Gasteiger partial charge in [0.25, 0.3) is 0 Å². The zero-order valence-corrected chi connectivity index (χ0v) is 10.6. The average molecular weight is 299 g/mol. The number of carboxylic acids is 1. The minimum Gasteiger partial charge on any atom is -0.508 e. The van der Waals surface area contributed by atoms with Gasteiger partial charge in [-0.05, 0) is 36.8 Å². The number of phenols is 1. The zero-order valence-electron chi connectivity index (χ0n) is 9.05. The Morgan fingerprint density at radius 3 is 2.59 bits per heavy atom. The number of Topliss-reactive ketones (excluding diaryl/α,β-unsaturated/α-hetero) is 1. The van der Waals surface area contributed by atoms with Gasteiger partial charge in [-0.2, -0.15) is 0 Å². The summed E-state index contributed by atoms with van der Waals surface area (Å²) in [6.45, 7) is 1.68. The number of hydrogen-bond donors (Lipinski definition) is 2. The van der Waals surface area contributed by atoms with Crippen molar-refractivity contribution in [2.24, 2.45) is 0 Å². The summed E-state index contributed by atoms with van der Waals surface area (Å²) in [4.78, 5) is 21.9. The van der Waals surface area contributed by atoms with Gasteiger partial charge in [0.1, 0.15) is 5.75 Å². The number of alkyl halides is 1. The molecule has 4 nitrogen and oxygen atoms in total. The molecule has 0 aliphatic rings. The molecule has 0 saturated carbocycles. The summed E-state index contributed by atoms with van der Waals surface area (Å²) in [5, 5.41) is 17.9. The van der Waals surface area contributed by atoms with Gasteiger partial charge in [0.15, 0.2) is 5.78 Å². The molecule has 0 bridgehead atoms. The molecule has 0 heterocycles. The van der Waals surface area contributed by atoms with Crippen LogP contribution in [0.1, 0.15) is 22.8 Å². The molecule has 0 fully saturated rings. The fraction of sp³-hybridized carbons (Fsp3) is 0.167. The third-order valence-corrected chi connectivity index (χ3v) is 2.48. The Morgan fingerprint density at radius 1 is 1.41 bits per heavy atom. The molecule has 0 aliphatic carbocycles. The number of carbonyl (C=O) groups is 2. The molecule has 0 aromatic heterocycles. The lowest BCUT2D eigenvalue weighted by molar-refractivity contribution is -0.131. The molecule has 17 heavy (non-hydrogen) atoms. The van der Waals surface area contributed by atoms with Crippen molar-refractivity contribution in [2.45, 2.75) is 11.8 Å².